The molecule has 0 aliphatic carbocycles. The number of nitrogens with zero attached hydrogens (tertiary/aromatic N) is 1. The first-order valence-electron chi connectivity index (χ1n) is 5.95. The number of carboxylic acid groups (broad SMARTS) is 1. The van der Waals surface area contributed by atoms with Gasteiger partial charge in [0, 0.05) is 18.3 Å². The third-order valence-corrected chi connectivity index (χ3v) is 3.55. The number of hydrogen-bond acceptors (Lipinski definition) is 6. The van der Waals surface area contributed by atoms with Gasteiger partial charge < -0.3 is 15.5 Å². The second-order valence-corrected chi connectivity index (χ2v) is 5.03. The number of nitro benzene ring substituents is 1. The van der Waals surface area contributed by atoms with Gasteiger partial charge in [-0.3, -0.25) is 10.1 Å². The summed E-state index contributed by atoms with van der Waals surface area (Å²) in [6.45, 7) is 0.174. The van der Waals surface area contributed by atoms with Crippen LogP contribution in [0.25, 0.3) is 0 Å². The summed E-state index contributed by atoms with van der Waals surface area (Å²) < 4.78 is 0. The van der Waals surface area contributed by atoms with E-state index >= 15 is 0 Å². The second-order valence-electron chi connectivity index (χ2n) is 4.25. The van der Waals surface area contributed by atoms with E-state index in [9.17, 15) is 20.0 Å². The highest BCUT2D eigenvalue weighted by atomic mass is 32.1. The van der Waals surface area contributed by atoms with E-state index in [0.717, 1.165) is 11.6 Å². The van der Waals surface area contributed by atoms with Crippen molar-refractivity contribution in [3.63, 3.8) is 0 Å². The highest BCUT2D eigenvalue weighted by molar-refractivity contribution is 7.07. The molecule has 2 rings (SSSR count). The third kappa shape index (κ3) is 3.56. The predicted molar refractivity (Wildman–Crippen MR) is 77.8 cm³/mol. The van der Waals surface area contributed by atoms with Gasteiger partial charge in [-0.25, -0.2) is 4.79 Å². The highest BCUT2D eigenvalue weighted by Crippen LogP contribution is 2.23. The van der Waals surface area contributed by atoms with Crippen molar-refractivity contribution in [1.29, 1.82) is 0 Å². The van der Waals surface area contributed by atoms with Crippen LogP contribution in [-0.4, -0.2) is 27.7 Å². The van der Waals surface area contributed by atoms with Gasteiger partial charge in [0.1, 0.15) is 5.56 Å². The third-order valence-electron chi connectivity index (χ3n) is 2.85. The number of benzene rings is 1. The van der Waals surface area contributed by atoms with Crippen molar-refractivity contribution in [3.8, 4) is 0 Å². The molecule has 0 amide bonds. The van der Waals surface area contributed by atoms with Crippen molar-refractivity contribution in [2.45, 2.75) is 6.10 Å². The topological polar surface area (TPSA) is 113 Å². The summed E-state index contributed by atoms with van der Waals surface area (Å²) in [6.07, 6.45) is -0.736. The van der Waals surface area contributed by atoms with E-state index in [1.165, 1.54) is 23.5 Å². The largest absolute Gasteiger partial charge is 0.477 e. The van der Waals surface area contributed by atoms with Crippen molar-refractivity contribution in [2.75, 3.05) is 11.9 Å². The van der Waals surface area contributed by atoms with Crippen LogP contribution < -0.4 is 5.32 Å². The summed E-state index contributed by atoms with van der Waals surface area (Å²) in [6, 6.07) is 5.50. The number of aliphatic hydroxyl groups excluding tert-OH is 1. The van der Waals surface area contributed by atoms with Gasteiger partial charge in [-0.2, -0.15) is 11.3 Å². The Kier molecular flexibility index (Phi) is 4.51. The molecule has 1 aromatic carbocycles. The van der Waals surface area contributed by atoms with E-state index in [1.807, 2.05) is 10.8 Å². The Bertz CT molecular complexity index is 657. The summed E-state index contributed by atoms with van der Waals surface area (Å²) in [5.41, 5.74) is 0.293. The molecule has 1 atom stereocenters. The van der Waals surface area contributed by atoms with Gasteiger partial charge in [-0.15, -0.1) is 0 Å². The summed E-state index contributed by atoms with van der Waals surface area (Å²) in [5.74, 6) is -1.37. The van der Waals surface area contributed by atoms with E-state index in [1.54, 1.807) is 6.07 Å². The Balaban J connectivity index is 2.12. The first kappa shape index (κ1) is 14.9. The molecule has 0 bridgehead atoms. The van der Waals surface area contributed by atoms with E-state index in [4.69, 9.17) is 5.11 Å². The minimum atomic E-state index is -1.37. The monoisotopic (exact) mass is 308 g/mol. The van der Waals surface area contributed by atoms with E-state index in [2.05, 4.69) is 5.32 Å². The van der Waals surface area contributed by atoms with E-state index < -0.39 is 28.2 Å². The maximum atomic E-state index is 11.0. The Morgan fingerprint density at radius 2 is 2.19 bits per heavy atom. The van der Waals surface area contributed by atoms with Crippen LogP contribution in [0.2, 0.25) is 0 Å². The number of aromatic carboxylic acids is 1. The van der Waals surface area contributed by atoms with E-state index in [0.29, 0.717) is 5.69 Å². The Hall–Kier alpha value is -2.45. The number of carbonyl (C=O) groups is 1. The normalized spacial score (nSPS) is 11.9. The van der Waals surface area contributed by atoms with Crippen molar-refractivity contribution >= 4 is 28.7 Å². The van der Waals surface area contributed by atoms with Gasteiger partial charge in [-0.1, -0.05) is 0 Å². The fourth-order valence-electron chi connectivity index (χ4n) is 1.77. The molecule has 21 heavy (non-hydrogen) atoms. The zero-order chi connectivity index (χ0) is 15.4. The standard InChI is InChI=1S/C13H12N2O5S/c16-12(8-3-4-21-7-8)6-14-9-1-2-11(15(19)20)10(5-9)13(17)18/h1-5,7,12,14,16H,6H2,(H,17,18). The number of hydrogen-bond donors (Lipinski definition) is 3. The molecule has 3 N–H and O–H groups in total. The summed E-state index contributed by atoms with van der Waals surface area (Å²) in [4.78, 5) is 21.0. The lowest BCUT2D eigenvalue weighted by atomic mass is 10.1. The molecule has 0 aliphatic heterocycles. The molecule has 0 aliphatic rings. The fraction of sp³-hybridized carbons (Fsp3) is 0.154. The lowest BCUT2D eigenvalue weighted by Gasteiger charge is -2.12. The Morgan fingerprint density at radius 3 is 2.76 bits per heavy atom. The van der Waals surface area contributed by atoms with Gasteiger partial charge in [-0.05, 0) is 34.5 Å². The van der Waals surface area contributed by atoms with Crippen molar-refractivity contribution in [2.24, 2.45) is 0 Å². The lowest BCUT2D eigenvalue weighted by Crippen LogP contribution is -2.12. The molecule has 110 valence electrons. The van der Waals surface area contributed by atoms with Crippen LogP contribution in [0.15, 0.2) is 35.0 Å². The zero-order valence-electron chi connectivity index (χ0n) is 10.7. The van der Waals surface area contributed by atoms with E-state index in [-0.39, 0.29) is 6.54 Å². The minimum Gasteiger partial charge on any atom is -0.477 e. The van der Waals surface area contributed by atoms with Gasteiger partial charge in [0.25, 0.3) is 5.69 Å². The maximum absolute atomic E-state index is 11.0. The maximum Gasteiger partial charge on any atom is 0.342 e. The van der Waals surface area contributed by atoms with Crippen LogP contribution in [0.3, 0.4) is 0 Å². The fourth-order valence-corrected chi connectivity index (χ4v) is 2.48. The average molecular weight is 308 g/mol. The first-order valence-corrected chi connectivity index (χ1v) is 6.89. The summed E-state index contributed by atoms with van der Waals surface area (Å²) in [7, 11) is 0. The molecule has 1 heterocycles. The average Bonchev–Trinajstić information content (AvgIpc) is 2.98. The first-order chi connectivity index (χ1) is 9.99. The molecule has 0 saturated heterocycles. The quantitative estimate of drug-likeness (QED) is 0.558. The molecular weight excluding hydrogens is 296 g/mol. The summed E-state index contributed by atoms with van der Waals surface area (Å²) >= 11 is 1.46. The molecule has 0 spiro atoms. The lowest BCUT2D eigenvalue weighted by molar-refractivity contribution is -0.385. The van der Waals surface area contributed by atoms with Gasteiger partial charge in [0.05, 0.1) is 11.0 Å². The molecule has 7 nitrogen and oxygen atoms in total. The number of nitro groups is 1. The zero-order valence-corrected chi connectivity index (χ0v) is 11.5. The molecular formula is C13H12N2O5S. The molecule has 8 heteroatoms. The number of rotatable bonds is 6. The Labute approximate surface area is 123 Å². The predicted octanol–water partition coefficient (Wildman–Crippen LogP) is 2.50. The Morgan fingerprint density at radius 1 is 1.43 bits per heavy atom. The molecule has 2 aromatic rings. The highest BCUT2D eigenvalue weighted by Gasteiger charge is 2.20. The smallest absolute Gasteiger partial charge is 0.342 e. The number of aliphatic hydroxyl groups is 1. The van der Waals surface area contributed by atoms with Crippen LogP contribution >= 0.6 is 11.3 Å². The van der Waals surface area contributed by atoms with Crippen LogP contribution in [0.4, 0.5) is 11.4 Å². The van der Waals surface area contributed by atoms with Crippen LogP contribution in [0.5, 0.6) is 0 Å². The minimum absolute atomic E-state index is 0.174. The second kappa shape index (κ2) is 6.33. The number of carboxylic acids is 1. The van der Waals surface area contributed by atoms with Crippen LogP contribution in [-0.2, 0) is 0 Å². The molecule has 0 radical (unpaired) electrons. The number of anilines is 1. The SMILES string of the molecule is O=C(O)c1cc(NCC(O)c2ccsc2)ccc1[N+](=O)[O-]. The number of thiophene rings is 1. The van der Waals surface area contributed by atoms with Crippen LogP contribution in [0, 0.1) is 10.1 Å². The number of nitrogens with one attached hydrogen (secondary N) is 1. The molecule has 0 saturated carbocycles. The van der Waals surface area contributed by atoms with Gasteiger partial charge in [0.15, 0.2) is 0 Å². The molecule has 1 aromatic heterocycles. The molecule has 1 unspecified atom stereocenters. The van der Waals surface area contributed by atoms with Crippen molar-refractivity contribution < 1.29 is 19.9 Å². The molecule has 0 fully saturated rings. The summed E-state index contributed by atoms with van der Waals surface area (Å²) in [5, 5.41) is 36.2. The van der Waals surface area contributed by atoms with Gasteiger partial charge in [0.2, 0.25) is 0 Å². The van der Waals surface area contributed by atoms with Crippen molar-refractivity contribution in [3.05, 3.63) is 56.3 Å². The van der Waals surface area contributed by atoms with Crippen molar-refractivity contribution in [1.82, 2.24) is 0 Å². The van der Waals surface area contributed by atoms with Crippen LogP contribution in [0.1, 0.15) is 22.0 Å². The van der Waals surface area contributed by atoms with Gasteiger partial charge >= 0.3 is 5.97 Å².